The summed E-state index contributed by atoms with van der Waals surface area (Å²) in [5.41, 5.74) is 0. The lowest BCUT2D eigenvalue weighted by Crippen LogP contribution is -2.33. The maximum Gasteiger partial charge on any atom is 0.119 e. The fourth-order valence-electron chi connectivity index (χ4n) is 2.43. The van der Waals surface area contributed by atoms with E-state index in [0.717, 1.165) is 38.2 Å². The van der Waals surface area contributed by atoms with Crippen molar-refractivity contribution >= 4 is 0 Å². The molecule has 3 nitrogen and oxygen atoms in total. The molecule has 18 heavy (non-hydrogen) atoms. The average molecular weight is 244 g/mol. The van der Waals surface area contributed by atoms with Crippen LogP contribution in [0, 0.1) is 17.2 Å². The number of nitrogens with zero attached hydrogens (tertiary/aromatic N) is 1. The molecule has 1 aromatic rings. The molecule has 0 aromatic heterocycles. The van der Waals surface area contributed by atoms with Gasteiger partial charge in [0.2, 0.25) is 0 Å². The van der Waals surface area contributed by atoms with E-state index >= 15 is 0 Å². The summed E-state index contributed by atoms with van der Waals surface area (Å²) in [7, 11) is 0. The van der Waals surface area contributed by atoms with Crippen molar-refractivity contribution in [1.29, 1.82) is 5.26 Å². The van der Waals surface area contributed by atoms with Crippen LogP contribution < -0.4 is 10.1 Å². The van der Waals surface area contributed by atoms with Gasteiger partial charge in [0.1, 0.15) is 5.75 Å². The zero-order chi connectivity index (χ0) is 12.6. The number of nitrogens with one attached hydrogen (secondary N) is 1. The van der Waals surface area contributed by atoms with Crippen LogP contribution in [-0.2, 0) is 0 Å². The minimum atomic E-state index is 0.208. The van der Waals surface area contributed by atoms with Gasteiger partial charge < -0.3 is 10.1 Å². The van der Waals surface area contributed by atoms with Gasteiger partial charge in [0, 0.05) is 6.04 Å². The van der Waals surface area contributed by atoms with E-state index in [2.05, 4.69) is 11.4 Å². The van der Waals surface area contributed by atoms with Gasteiger partial charge in [0.25, 0.3) is 0 Å². The number of benzene rings is 1. The second kappa shape index (κ2) is 7.03. The molecule has 0 amide bonds. The van der Waals surface area contributed by atoms with Gasteiger partial charge in [0.05, 0.1) is 18.6 Å². The summed E-state index contributed by atoms with van der Waals surface area (Å²) in [5, 5.41) is 12.4. The quantitative estimate of drug-likeness (QED) is 0.783. The van der Waals surface area contributed by atoms with Crippen molar-refractivity contribution in [1.82, 2.24) is 5.32 Å². The molecule has 96 valence electrons. The summed E-state index contributed by atoms with van der Waals surface area (Å²) < 4.78 is 5.62. The van der Waals surface area contributed by atoms with Crippen LogP contribution in [0.1, 0.15) is 25.7 Å². The average Bonchev–Trinajstić information content (AvgIpc) is 2.87. The Morgan fingerprint density at radius 1 is 1.28 bits per heavy atom. The molecular formula is C15H20N2O. The fraction of sp³-hybridized carbons (Fsp3) is 0.533. The number of para-hydroxylation sites is 1. The lowest BCUT2D eigenvalue weighted by molar-refractivity contribution is 0.302. The predicted octanol–water partition coefficient (Wildman–Crippen LogP) is 2.74. The van der Waals surface area contributed by atoms with Gasteiger partial charge in [-0.2, -0.15) is 5.26 Å². The fourth-order valence-corrected chi connectivity index (χ4v) is 2.43. The number of nitriles is 1. The van der Waals surface area contributed by atoms with E-state index in [1.165, 1.54) is 6.42 Å². The summed E-state index contributed by atoms with van der Waals surface area (Å²) in [4.78, 5) is 0. The largest absolute Gasteiger partial charge is 0.494 e. The maximum absolute atomic E-state index is 8.97. The normalized spacial score (nSPS) is 22.6. The van der Waals surface area contributed by atoms with Crippen LogP contribution in [0.25, 0.3) is 0 Å². The van der Waals surface area contributed by atoms with Crippen molar-refractivity contribution in [2.45, 2.75) is 31.7 Å². The molecule has 2 unspecified atom stereocenters. The molecule has 1 saturated carbocycles. The molecule has 0 spiro atoms. The van der Waals surface area contributed by atoms with Crippen LogP contribution in [0.2, 0.25) is 0 Å². The number of ether oxygens (including phenoxy) is 1. The highest BCUT2D eigenvalue weighted by Gasteiger charge is 2.25. The van der Waals surface area contributed by atoms with Crippen molar-refractivity contribution in [3.63, 3.8) is 0 Å². The van der Waals surface area contributed by atoms with Gasteiger partial charge >= 0.3 is 0 Å². The van der Waals surface area contributed by atoms with Gasteiger partial charge in [-0.1, -0.05) is 24.6 Å². The van der Waals surface area contributed by atoms with E-state index in [1.54, 1.807) is 0 Å². The third kappa shape index (κ3) is 3.75. The molecule has 1 aliphatic carbocycles. The van der Waals surface area contributed by atoms with Crippen LogP contribution in [-0.4, -0.2) is 19.2 Å². The Labute approximate surface area is 109 Å². The molecule has 2 atom stereocenters. The Bertz CT molecular complexity index is 385. The number of rotatable bonds is 6. The third-order valence-corrected chi connectivity index (χ3v) is 3.42. The highest BCUT2D eigenvalue weighted by atomic mass is 16.5. The van der Waals surface area contributed by atoms with Crippen LogP contribution >= 0.6 is 0 Å². The van der Waals surface area contributed by atoms with E-state index in [0.29, 0.717) is 6.04 Å². The Morgan fingerprint density at radius 3 is 2.89 bits per heavy atom. The van der Waals surface area contributed by atoms with E-state index in [1.807, 2.05) is 30.3 Å². The standard InChI is InChI=1S/C15H20N2O/c16-12-13-6-4-9-15(13)17-10-5-11-18-14-7-2-1-3-8-14/h1-3,7-8,13,15,17H,4-6,9-11H2. The third-order valence-electron chi connectivity index (χ3n) is 3.42. The van der Waals surface area contributed by atoms with Crippen LogP contribution in [0.5, 0.6) is 5.75 Å². The van der Waals surface area contributed by atoms with Gasteiger partial charge in [-0.05, 0) is 37.9 Å². The predicted molar refractivity (Wildman–Crippen MR) is 71.3 cm³/mol. The highest BCUT2D eigenvalue weighted by Crippen LogP contribution is 2.24. The molecule has 0 heterocycles. The van der Waals surface area contributed by atoms with Crippen molar-refractivity contribution in [3.05, 3.63) is 30.3 Å². The first-order valence-electron chi connectivity index (χ1n) is 6.71. The van der Waals surface area contributed by atoms with E-state index in [9.17, 15) is 0 Å². The second-order valence-electron chi connectivity index (χ2n) is 4.74. The van der Waals surface area contributed by atoms with Crippen LogP contribution in [0.4, 0.5) is 0 Å². The minimum absolute atomic E-state index is 0.208. The van der Waals surface area contributed by atoms with Crippen molar-refractivity contribution in [3.8, 4) is 11.8 Å². The smallest absolute Gasteiger partial charge is 0.119 e. The molecule has 0 radical (unpaired) electrons. The highest BCUT2D eigenvalue weighted by molar-refractivity contribution is 5.20. The zero-order valence-corrected chi connectivity index (χ0v) is 10.6. The molecule has 3 heteroatoms. The molecule has 2 rings (SSSR count). The topological polar surface area (TPSA) is 45.0 Å². The first-order chi connectivity index (χ1) is 8.90. The van der Waals surface area contributed by atoms with Crippen LogP contribution in [0.15, 0.2) is 30.3 Å². The van der Waals surface area contributed by atoms with E-state index in [4.69, 9.17) is 10.00 Å². The Morgan fingerprint density at radius 2 is 2.11 bits per heavy atom. The van der Waals surface area contributed by atoms with Gasteiger partial charge in [-0.3, -0.25) is 0 Å². The number of hydrogen-bond donors (Lipinski definition) is 1. The summed E-state index contributed by atoms with van der Waals surface area (Å²) in [5.74, 6) is 1.13. The van der Waals surface area contributed by atoms with Crippen molar-refractivity contribution < 1.29 is 4.74 Å². The minimum Gasteiger partial charge on any atom is -0.494 e. The molecular weight excluding hydrogens is 224 g/mol. The SMILES string of the molecule is N#CC1CCCC1NCCCOc1ccccc1. The molecule has 0 bridgehead atoms. The first kappa shape index (κ1) is 12.9. The van der Waals surface area contributed by atoms with E-state index in [-0.39, 0.29) is 5.92 Å². The molecule has 1 aliphatic rings. The van der Waals surface area contributed by atoms with Crippen LogP contribution in [0.3, 0.4) is 0 Å². The van der Waals surface area contributed by atoms with Crippen molar-refractivity contribution in [2.75, 3.05) is 13.2 Å². The summed E-state index contributed by atoms with van der Waals surface area (Å²) in [6.07, 6.45) is 4.34. The lowest BCUT2D eigenvalue weighted by atomic mass is 10.1. The Hall–Kier alpha value is -1.53. The Kier molecular flexibility index (Phi) is 5.04. The number of hydrogen-bond acceptors (Lipinski definition) is 3. The maximum atomic E-state index is 8.97. The molecule has 1 aromatic carbocycles. The lowest BCUT2D eigenvalue weighted by Gasteiger charge is -2.15. The zero-order valence-electron chi connectivity index (χ0n) is 10.6. The first-order valence-corrected chi connectivity index (χ1v) is 6.71. The molecule has 0 saturated heterocycles. The van der Waals surface area contributed by atoms with E-state index < -0.39 is 0 Å². The second-order valence-corrected chi connectivity index (χ2v) is 4.74. The monoisotopic (exact) mass is 244 g/mol. The summed E-state index contributed by atoms with van der Waals surface area (Å²) in [6.45, 7) is 1.65. The molecule has 1 N–H and O–H groups in total. The summed E-state index contributed by atoms with van der Waals surface area (Å²) in [6, 6.07) is 12.7. The van der Waals surface area contributed by atoms with Gasteiger partial charge in [-0.15, -0.1) is 0 Å². The van der Waals surface area contributed by atoms with Gasteiger partial charge in [-0.25, -0.2) is 0 Å². The Balaban J connectivity index is 1.58. The van der Waals surface area contributed by atoms with Crippen molar-refractivity contribution in [2.24, 2.45) is 5.92 Å². The van der Waals surface area contributed by atoms with Gasteiger partial charge in [0.15, 0.2) is 0 Å². The summed E-state index contributed by atoms with van der Waals surface area (Å²) >= 11 is 0. The molecule has 1 fully saturated rings. The molecule has 0 aliphatic heterocycles.